The molecule has 2 aliphatic heterocycles. The average Bonchev–Trinajstić information content (AvgIpc) is 3.28. The molecule has 0 aliphatic carbocycles. The summed E-state index contributed by atoms with van der Waals surface area (Å²) in [6.07, 6.45) is 4.15. The standard InChI is InChI=1S/C27H36FN5O4/c1-19-24(34)29-13-5-17-37-16-4-3-10-27(26(36)30-19)11-14-33(15-12-27)25(35)23-18-22(31-32(23)2)20-6-8-21(28)9-7-20/h6-9,18-19H,3-5,10-17H2,1-2H3,(H,29,34)(H,30,36)/t19-/m0/s1. The van der Waals surface area contributed by atoms with Gasteiger partial charge in [-0.2, -0.15) is 5.10 Å². The van der Waals surface area contributed by atoms with Gasteiger partial charge in [0.2, 0.25) is 11.8 Å². The SMILES string of the molecule is C[C@@H]1NC(=O)C2(CCCCOCCCNC1=O)CCN(C(=O)c1cc(-c3ccc(F)cc3)nn1C)CC2. The van der Waals surface area contributed by atoms with Crippen LogP contribution in [0.15, 0.2) is 30.3 Å². The van der Waals surface area contributed by atoms with Crippen molar-refractivity contribution in [3.63, 3.8) is 0 Å². The van der Waals surface area contributed by atoms with Crippen LogP contribution < -0.4 is 10.6 Å². The lowest BCUT2D eigenvalue weighted by molar-refractivity contribution is -0.137. The van der Waals surface area contributed by atoms with Crippen LogP contribution in [0.3, 0.4) is 0 Å². The monoisotopic (exact) mass is 513 g/mol. The minimum absolute atomic E-state index is 0.126. The third kappa shape index (κ3) is 6.36. The van der Waals surface area contributed by atoms with E-state index in [1.165, 1.54) is 12.1 Å². The molecule has 1 aromatic heterocycles. The smallest absolute Gasteiger partial charge is 0.272 e. The maximum Gasteiger partial charge on any atom is 0.272 e. The van der Waals surface area contributed by atoms with Gasteiger partial charge in [0.1, 0.15) is 17.6 Å². The van der Waals surface area contributed by atoms with E-state index in [9.17, 15) is 18.8 Å². The van der Waals surface area contributed by atoms with Crippen LogP contribution in [-0.4, -0.2) is 71.3 Å². The molecule has 2 N–H and O–H groups in total. The molecule has 2 aliphatic rings. The lowest BCUT2D eigenvalue weighted by Crippen LogP contribution is -2.54. The van der Waals surface area contributed by atoms with Gasteiger partial charge in [-0.1, -0.05) is 6.42 Å². The molecule has 9 nitrogen and oxygen atoms in total. The maximum atomic E-state index is 13.4. The number of ether oxygens (including phenoxy) is 1. The normalized spacial score (nSPS) is 21.7. The Morgan fingerprint density at radius 1 is 1.08 bits per heavy atom. The van der Waals surface area contributed by atoms with Gasteiger partial charge in [-0.15, -0.1) is 0 Å². The van der Waals surface area contributed by atoms with E-state index >= 15 is 0 Å². The highest BCUT2D eigenvalue weighted by Gasteiger charge is 2.43. The van der Waals surface area contributed by atoms with Crippen molar-refractivity contribution in [2.24, 2.45) is 12.5 Å². The van der Waals surface area contributed by atoms with Gasteiger partial charge in [-0.05, 0) is 69.4 Å². The maximum absolute atomic E-state index is 13.4. The van der Waals surface area contributed by atoms with E-state index in [1.54, 1.807) is 41.8 Å². The van der Waals surface area contributed by atoms with Crippen molar-refractivity contribution < 1.29 is 23.5 Å². The Kier molecular flexibility index (Phi) is 8.58. The molecule has 1 aromatic carbocycles. The lowest BCUT2D eigenvalue weighted by Gasteiger charge is -2.41. The van der Waals surface area contributed by atoms with Gasteiger partial charge < -0.3 is 20.3 Å². The molecule has 0 unspecified atom stereocenters. The first-order valence-corrected chi connectivity index (χ1v) is 13.0. The van der Waals surface area contributed by atoms with Gasteiger partial charge in [0, 0.05) is 45.5 Å². The Bertz CT molecular complexity index is 1110. The number of rotatable bonds is 2. The zero-order valence-electron chi connectivity index (χ0n) is 21.6. The first-order valence-electron chi connectivity index (χ1n) is 13.0. The quantitative estimate of drug-likeness (QED) is 0.643. The fraction of sp³-hybridized carbons (Fsp3) is 0.556. The van der Waals surface area contributed by atoms with Crippen molar-refractivity contribution in [3.05, 3.63) is 41.8 Å². The highest BCUT2D eigenvalue weighted by Crippen LogP contribution is 2.38. The fourth-order valence-corrected chi connectivity index (χ4v) is 5.04. The van der Waals surface area contributed by atoms with Crippen molar-refractivity contribution in [1.82, 2.24) is 25.3 Å². The first kappa shape index (κ1) is 26.8. The molecular weight excluding hydrogens is 477 g/mol. The summed E-state index contributed by atoms with van der Waals surface area (Å²) in [4.78, 5) is 41.0. The molecule has 1 spiro atoms. The molecule has 200 valence electrons. The number of piperidine rings is 1. The highest BCUT2D eigenvalue weighted by atomic mass is 19.1. The van der Waals surface area contributed by atoms with Crippen LogP contribution in [0.4, 0.5) is 4.39 Å². The van der Waals surface area contributed by atoms with Crippen LogP contribution in [0.1, 0.15) is 55.9 Å². The Labute approximate surface area is 216 Å². The van der Waals surface area contributed by atoms with Crippen LogP contribution in [0.25, 0.3) is 11.3 Å². The van der Waals surface area contributed by atoms with Crippen molar-refractivity contribution in [1.29, 1.82) is 0 Å². The predicted octanol–water partition coefficient (Wildman–Crippen LogP) is 2.66. The van der Waals surface area contributed by atoms with Crippen molar-refractivity contribution in [3.8, 4) is 11.3 Å². The summed E-state index contributed by atoms with van der Waals surface area (Å²) in [5.74, 6) is -0.816. The predicted molar refractivity (Wildman–Crippen MR) is 136 cm³/mol. The number of carbonyl (C=O) groups is 3. The zero-order valence-corrected chi connectivity index (χ0v) is 21.6. The molecular formula is C27H36FN5O4. The van der Waals surface area contributed by atoms with E-state index in [1.807, 2.05) is 0 Å². The molecule has 4 rings (SSSR count). The number of hydrogen-bond donors (Lipinski definition) is 2. The number of hydrogen-bond acceptors (Lipinski definition) is 5. The Hall–Kier alpha value is -3.27. The number of benzene rings is 1. The second kappa shape index (κ2) is 11.9. The van der Waals surface area contributed by atoms with Gasteiger partial charge in [0.25, 0.3) is 5.91 Å². The second-order valence-electron chi connectivity index (χ2n) is 10.0. The van der Waals surface area contributed by atoms with Crippen LogP contribution in [0.2, 0.25) is 0 Å². The topological polar surface area (TPSA) is 106 Å². The zero-order chi connectivity index (χ0) is 26.4. The molecule has 0 bridgehead atoms. The van der Waals surface area contributed by atoms with Gasteiger partial charge in [-0.25, -0.2) is 4.39 Å². The molecule has 2 fully saturated rings. The van der Waals surface area contributed by atoms with E-state index in [4.69, 9.17) is 4.74 Å². The fourth-order valence-electron chi connectivity index (χ4n) is 5.04. The van der Waals surface area contributed by atoms with Gasteiger partial charge in [0.15, 0.2) is 0 Å². The number of halogens is 1. The van der Waals surface area contributed by atoms with Crippen molar-refractivity contribution >= 4 is 17.7 Å². The third-order valence-corrected chi connectivity index (χ3v) is 7.43. The van der Waals surface area contributed by atoms with E-state index in [-0.39, 0.29) is 23.5 Å². The molecule has 3 heterocycles. The molecule has 0 saturated carbocycles. The highest BCUT2D eigenvalue weighted by molar-refractivity contribution is 5.94. The Balaban J connectivity index is 1.45. The van der Waals surface area contributed by atoms with Crippen LogP contribution in [0.5, 0.6) is 0 Å². The van der Waals surface area contributed by atoms with Crippen molar-refractivity contribution in [2.75, 3.05) is 32.8 Å². The van der Waals surface area contributed by atoms with E-state index < -0.39 is 11.5 Å². The average molecular weight is 514 g/mol. The van der Waals surface area contributed by atoms with Crippen LogP contribution >= 0.6 is 0 Å². The summed E-state index contributed by atoms with van der Waals surface area (Å²) in [6.45, 7) is 4.30. The van der Waals surface area contributed by atoms with Crippen molar-refractivity contribution in [2.45, 2.75) is 51.5 Å². The van der Waals surface area contributed by atoms with Crippen LogP contribution in [0, 0.1) is 11.2 Å². The lowest BCUT2D eigenvalue weighted by atomic mass is 9.73. The number of likely N-dealkylation sites (tertiary alicyclic amines) is 1. The molecule has 1 atom stereocenters. The number of nitrogens with zero attached hydrogens (tertiary/aromatic N) is 3. The second-order valence-corrected chi connectivity index (χ2v) is 10.0. The van der Waals surface area contributed by atoms with Gasteiger partial charge in [-0.3, -0.25) is 19.1 Å². The van der Waals surface area contributed by atoms with E-state index in [2.05, 4.69) is 15.7 Å². The minimum Gasteiger partial charge on any atom is -0.381 e. The number of carbonyl (C=O) groups excluding carboxylic acids is 3. The molecule has 2 aromatic rings. The summed E-state index contributed by atoms with van der Waals surface area (Å²) >= 11 is 0. The van der Waals surface area contributed by atoms with E-state index in [0.29, 0.717) is 63.5 Å². The first-order chi connectivity index (χ1) is 17.8. The molecule has 0 radical (unpaired) electrons. The summed E-state index contributed by atoms with van der Waals surface area (Å²) < 4.78 is 20.5. The third-order valence-electron chi connectivity index (χ3n) is 7.43. The Morgan fingerprint density at radius 2 is 1.78 bits per heavy atom. The Morgan fingerprint density at radius 3 is 2.51 bits per heavy atom. The van der Waals surface area contributed by atoms with Crippen LogP contribution in [-0.2, 0) is 21.4 Å². The molecule has 3 amide bonds. The minimum atomic E-state index is -0.638. The number of amides is 3. The van der Waals surface area contributed by atoms with E-state index in [0.717, 1.165) is 24.8 Å². The largest absolute Gasteiger partial charge is 0.381 e. The molecule has 2 saturated heterocycles. The summed E-state index contributed by atoms with van der Waals surface area (Å²) in [7, 11) is 1.71. The summed E-state index contributed by atoms with van der Waals surface area (Å²) in [5.41, 5.74) is 1.13. The molecule has 10 heteroatoms. The number of nitrogens with one attached hydrogen (secondary N) is 2. The van der Waals surface area contributed by atoms with Gasteiger partial charge in [0.05, 0.1) is 11.1 Å². The van der Waals surface area contributed by atoms with Gasteiger partial charge >= 0.3 is 0 Å². The summed E-state index contributed by atoms with van der Waals surface area (Å²) in [6, 6.07) is 7.08. The number of aromatic nitrogens is 2. The number of aryl methyl sites for hydroxylation is 1. The molecule has 37 heavy (non-hydrogen) atoms. The summed E-state index contributed by atoms with van der Waals surface area (Å²) in [5, 5.41) is 10.2.